The van der Waals surface area contributed by atoms with Crippen molar-refractivity contribution < 1.29 is 27.4 Å². The van der Waals surface area contributed by atoms with Crippen LogP contribution in [0.5, 0.6) is 5.75 Å². The van der Waals surface area contributed by atoms with E-state index in [4.69, 9.17) is 9.47 Å². The van der Waals surface area contributed by atoms with Crippen LogP contribution in [0.1, 0.15) is 75.6 Å². The van der Waals surface area contributed by atoms with E-state index in [0.29, 0.717) is 55.1 Å². The van der Waals surface area contributed by atoms with Gasteiger partial charge in [-0.05, 0) is 69.7 Å². The molecule has 7 nitrogen and oxygen atoms in total. The quantitative estimate of drug-likeness (QED) is 0.236. The number of carbonyl (C=O) groups excluding carboxylic acids is 1. The standard InChI is InChI=1S/C33H41F3N4O3/c1-6-27-16-29(17-28(7-2)40(27)32(41)43-22(3)4)39(20-25-13-23(5)14-26(15-25)33(34,35)36)31-37-18-30(19-38-31)42-21-24-11-9-8-10-12-24/h8-15,18-19,22,27-29H,6-7,16-17,20-21H2,1-5H3/t27-,28+,29?. The van der Waals surface area contributed by atoms with Crippen molar-refractivity contribution in [2.45, 2.75) is 104 Å². The van der Waals surface area contributed by atoms with E-state index in [1.807, 2.05) is 67.8 Å². The van der Waals surface area contributed by atoms with Crippen LogP contribution in [0.4, 0.5) is 23.9 Å². The first-order valence-corrected chi connectivity index (χ1v) is 14.9. The van der Waals surface area contributed by atoms with Gasteiger partial charge in [0.15, 0.2) is 5.75 Å². The van der Waals surface area contributed by atoms with Crippen LogP contribution in [-0.4, -0.2) is 45.2 Å². The number of likely N-dealkylation sites (tertiary alicyclic amines) is 1. The van der Waals surface area contributed by atoms with Crippen molar-refractivity contribution in [1.29, 1.82) is 0 Å². The average Bonchev–Trinajstić information content (AvgIpc) is 2.98. The fourth-order valence-electron chi connectivity index (χ4n) is 5.74. The summed E-state index contributed by atoms with van der Waals surface area (Å²) in [7, 11) is 0. The molecule has 43 heavy (non-hydrogen) atoms. The van der Waals surface area contributed by atoms with Gasteiger partial charge in [0, 0.05) is 24.7 Å². The Kier molecular flexibility index (Phi) is 10.5. The molecule has 0 radical (unpaired) electrons. The van der Waals surface area contributed by atoms with Crippen molar-refractivity contribution in [2.75, 3.05) is 4.90 Å². The van der Waals surface area contributed by atoms with Crippen LogP contribution in [0.15, 0.2) is 60.9 Å². The molecule has 1 fully saturated rings. The zero-order chi connectivity index (χ0) is 31.1. The van der Waals surface area contributed by atoms with Crippen molar-refractivity contribution in [1.82, 2.24) is 14.9 Å². The second-order valence-electron chi connectivity index (χ2n) is 11.4. The number of nitrogens with zero attached hydrogens (tertiary/aromatic N) is 4. The number of aryl methyl sites for hydroxylation is 1. The Hall–Kier alpha value is -3.82. The zero-order valence-corrected chi connectivity index (χ0v) is 25.5. The summed E-state index contributed by atoms with van der Waals surface area (Å²) in [5, 5.41) is 0. The van der Waals surface area contributed by atoms with Gasteiger partial charge in [-0.1, -0.05) is 55.8 Å². The van der Waals surface area contributed by atoms with Gasteiger partial charge in [0.25, 0.3) is 0 Å². The van der Waals surface area contributed by atoms with Gasteiger partial charge in [0.05, 0.1) is 24.1 Å². The fraction of sp³-hybridized carbons (Fsp3) is 0.485. The van der Waals surface area contributed by atoms with Gasteiger partial charge in [-0.2, -0.15) is 13.2 Å². The predicted molar refractivity (Wildman–Crippen MR) is 160 cm³/mol. The number of rotatable bonds is 10. The summed E-state index contributed by atoms with van der Waals surface area (Å²) in [6.45, 7) is 9.93. The van der Waals surface area contributed by atoms with E-state index in [1.165, 1.54) is 6.07 Å². The molecule has 3 atom stereocenters. The van der Waals surface area contributed by atoms with E-state index < -0.39 is 11.7 Å². The smallest absolute Gasteiger partial charge is 0.416 e. The second kappa shape index (κ2) is 14.1. The zero-order valence-electron chi connectivity index (χ0n) is 25.5. The summed E-state index contributed by atoms with van der Waals surface area (Å²) >= 11 is 0. The molecular formula is C33H41F3N4O3. The highest BCUT2D eigenvalue weighted by molar-refractivity contribution is 5.69. The molecule has 4 rings (SSSR count). The van der Waals surface area contributed by atoms with E-state index >= 15 is 0 Å². The Bertz CT molecular complexity index is 1320. The molecule has 0 N–H and O–H groups in total. The molecule has 1 aromatic heterocycles. The normalized spacial score (nSPS) is 18.9. The third-order valence-electron chi connectivity index (χ3n) is 7.74. The highest BCUT2D eigenvalue weighted by Crippen LogP contribution is 2.35. The van der Waals surface area contributed by atoms with E-state index in [0.717, 1.165) is 11.6 Å². The summed E-state index contributed by atoms with van der Waals surface area (Å²) in [4.78, 5) is 26.2. The average molecular weight is 599 g/mol. The molecule has 2 aromatic carbocycles. The number of benzene rings is 2. The van der Waals surface area contributed by atoms with Crippen LogP contribution in [0, 0.1) is 6.92 Å². The van der Waals surface area contributed by atoms with Gasteiger partial charge < -0.3 is 19.3 Å². The van der Waals surface area contributed by atoms with Crippen LogP contribution < -0.4 is 9.64 Å². The number of piperidine rings is 1. The highest BCUT2D eigenvalue weighted by atomic mass is 19.4. The lowest BCUT2D eigenvalue weighted by Crippen LogP contribution is -2.57. The third-order valence-corrected chi connectivity index (χ3v) is 7.74. The number of hydrogen-bond donors (Lipinski definition) is 0. The van der Waals surface area contributed by atoms with E-state index in [-0.39, 0.29) is 36.9 Å². The Balaban J connectivity index is 1.65. The first kappa shape index (κ1) is 32.1. The third kappa shape index (κ3) is 8.39. The monoisotopic (exact) mass is 598 g/mol. The van der Waals surface area contributed by atoms with Crippen molar-refractivity contribution >= 4 is 12.0 Å². The summed E-state index contributed by atoms with van der Waals surface area (Å²) in [6.07, 6.45) is 0.802. The Morgan fingerprint density at radius 1 is 1.00 bits per heavy atom. The first-order valence-electron chi connectivity index (χ1n) is 14.9. The summed E-state index contributed by atoms with van der Waals surface area (Å²) in [5.74, 6) is 0.890. The maximum atomic E-state index is 13.7. The molecule has 10 heteroatoms. The van der Waals surface area contributed by atoms with Crippen LogP contribution in [0.2, 0.25) is 0 Å². The van der Waals surface area contributed by atoms with E-state index in [1.54, 1.807) is 25.4 Å². The van der Waals surface area contributed by atoms with Crippen LogP contribution >= 0.6 is 0 Å². The Morgan fingerprint density at radius 3 is 2.19 bits per heavy atom. The molecule has 1 unspecified atom stereocenters. The minimum Gasteiger partial charge on any atom is -0.486 e. The lowest BCUT2D eigenvalue weighted by molar-refractivity contribution is -0.137. The predicted octanol–water partition coefficient (Wildman–Crippen LogP) is 7.96. The Morgan fingerprint density at radius 2 is 1.63 bits per heavy atom. The van der Waals surface area contributed by atoms with Gasteiger partial charge in [0.2, 0.25) is 5.95 Å². The summed E-state index contributed by atoms with van der Waals surface area (Å²) < 4.78 is 52.6. The summed E-state index contributed by atoms with van der Waals surface area (Å²) in [6, 6.07) is 13.5. The van der Waals surface area contributed by atoms with Gasteiger partial charge in [-0.15, -0.1) is 0 Å². The molecule has 2 heterocycles. The number of ether oxygens (including phenoxy) is 2. The SMILES string of the molecule is CC[C@@H]1CC(N(Cc2cc(C)cc(C(F)(F)F)c2)c2ncc(OCc3ccccc3)cn2)C[C@H](CC)N1C(=O)OC(C)C. The molecule has 1 aliphatic rings. The van der Waals surface area contributed by atoms with Crippen molar-refractivity contribution in [3.8, 4) is 5.75 Å². The molecule has 1 aliphatic heterocycles. The number of carbonyl (C=O) groups is 1. The van der Waals surface area contributed by atoms with Gasteiger partial charge >= 0.3 is 12.3 Å². The molecular weight excluding hydrogens is 557 g/mol. The number of amides is 1. The lowest BCUT2D eigenvalue weighted by atomic mass is 9.87. The largest absolute Gasteiger partial charge is 0.486 e. The minimum atomic E-state index is -4.46. The van der Waals surface area contributed by atoms with Crippen molar-refractivity contribution in [3.63, 3.8) is 0 Å². The number of anilines is 1. The maximum absolute atomic E-state index is 13.7. The lowest BCUT2D eigenvalue weighted by Gasteiger charge is -2.47. The topological polar surface area (TPSA) is 67.8 Å². The minimum absolute atomic E-state index is 0.103. The molecule has 0 saturated carbocycles. The molecule has 3 aromatic rings. The second-order valence-corrected chi connectivity index (χ2v) is 11.4. The number of aromatic nitrogens is 2. The maximum Gasteiger partial charge on any atom is 0.416 e. The molecule has 0 aliphatic carbocycles. The number of alkyl halides is 3. The van der Waals surface area contributed by atoms with Gasteiger partial charge in [-0.25, -0.2) is 14.8 Å². The van der Waals surface area contributed by atoms with E-state index in [9.17, 15) is 18.0 Å². The summed E-state index contributed by atoms with van der Waals surface area (Å²) in [5.41, 5.74) is 1.37. The van der Waals surface area contributed by atoms with Crippen LogP contribution in [0.25, 0.3) is 0 Å². The van der Waals surface area contributed by atoms with Crippen LogP contribution in [0.3, 0.4) is 0 Å². The first-order chi connectivity index (χ1) is 20.5. The van der Waals surface area contributed by atoms with Crippen molar-refractivity contribution in [2.24, 2.45) is 0 Å². The fourth-order valence-corrected chi connectivity index (χ4v) is 5.74. The molecule has 232 valence electrons. The molecule has 1 saturated heterocycles. The van der Waals surface area contributed by atoms with Gasteiger partial charge in [-0.3, -0.25) is 0 Å². The molecule has 0 spiro atoms. The molecule has 1 amide bonds. The van der Waals surface area contributed by atoms with Crippen LogP contribution in [-0.2, 0) is 24.1 Å². The van der Waals surface area contributed by atoms with E-state index in [2.05, 4.69) is 9.97 Å². The Labute approximate surface area is 252 Å². The number of hydrogen-bond acceptors (Lipinski definition) is 6. The highest BCUT2D eigenvalue weighted by Gasteiger charge is 2.41. The van der Waals surface area contributed by atoms with Gasteiger partial charge in [0.1, 0.15) is 6.61 Å². The molecule has 0 bridgehead atoms. The number of halogens is 3. The van der Waals surface area contributed by atoms with Crippen molar-refractivity contribution in [3.05, 3.63) is 83.2 Å².